The van der Waals surface area contributed by atoms with Gasteiger partial charge in [-0.1, -0.05) is 24.3 Å². The maximum absolute atomic E-state index is 13.5. The Morgan fingerprint density at radius 3 is 1.43 bits per heavy atom. The fraction of sp³-hybridized carbons (Fsp3) is 0.148. The quantitative estimate of drug-likeness (QED) is 0.0121. The highest BCUT2D eigenvalue weighted by molar-refractivity contribution is 7.87. The molecule has 34 heteroatoms. The van der Waals surface area contributed by atoms with Gasteiger partial charge in [0, 0.05) is 33.8 Å². The zero-order valence-electron chi connectivity index (χ0n) is 46.6. The first-order valence-corrected chi connectivity index (χ1v) is 32.3. The first kappa shape index (κ1) is 64.8. The lowest BCUT2D eigenvalue weighted by atomic mass is 10.0. The minimum Gasteiger partial charge on any atom is -0.505 e. The highest BCUT2D eigenvalue weighted by Crippen LogP contribution is 2.49. The molecule has 0 amide bonds. The fourth-order valence-corrected chi connectivity index (χ4v) is 12.4. The molecule has 88 heavy (non-hydrogen) atoms. The van der Waals surface area contributed by atoms with Gasteiger partial charge in [0.15, 0.2) is 11.5 Å². The summed E-state index contributed by atoms with van der Waals surface area (Å²) in [5, 5.41) is 56.2. The molecule has 0 saturated carbocycles. The van der Waals surface area contributed by atoms with Gasteiger partial charge in [0.05, 0.1) is 74.8 Å². The highest BCUT2D eigenvalue weighted by atomic mass is 32.2. The number of methoxy groups -OCH3 is 2. The summed E-state index contributed by atoms with van der Waals surface area (Å²) in [6.07, 6.45) is 2.49. The Bertz CT molecular complexity index is 4910. The molecule has 0 heterocycles. The van der Waals surface area contributed by atoms with Gasteiger partial charge < -0.3 is 31.2 Å². The minimum atomic E-state index is -4.81. The zero-order chi connectivity index (χ0) is 64.3. The number of azo groups is 4. The van der Waals surface area contributed by atoms with E-state index in [4.69, 9.17) is 29.3 Å². The van der Waals surface area contributed by atoms with E-state index in [1.165, 1.54) is 93.1 Å². The van der Waals surface area contributed by atoms with Crippen molar-refractivity contribution in [3.8, 4) is 23.0 Å². The third-order valence-electron chi connectivity index (χ3n) is 12.9. The van der Waals surface area contributed by atoms with Crippen molar-refractivity contribution in [2.24, 2.45) is 40.9 Å². The van der Waals surface area contributed by atoms with Crippen LogP contribution in [0.5, 0.6) is 23.0 Å². The fourth-order valence-electron chi connectivity index (χ4n) is 8.63. The number of nitrogens with two attached hydrogens (primary N) is 2. The van der Waals surface area contributed by atoms with E-state index < -0.39 is 99.7 Å². The van der Waals surface area contributed by atoms with Crippen LogP contribution in [0.25, 0.3) is 33.7 Å². The van der Waals surface area contributed by atoms with Crippen molar-refractivity contribution in [2.45, 2.75) is 33.1 Å². The lowest BCUT2D eigenvalue weighted by molar-refractivity contribution is 0.394. The first-order chi connectivity index (χ1) is 41.4. The van der Waals surface area contributed by atoms with Gasteiger partial charge in [-0.15, -0.1) is 25.6 Å². The number of nitrogen functional groups attached to an aromatic ring is 2. The molecule has 0 aromatic heterocycles. The molecule has 0 radical (unpaired) electrons. The van der Waals surface area contributed by atoms with Crippen molar-refractivity contribution in [3.63, 3.8) is 0 Å². The monoisotopic (exact) mass is 1300 g/mol. The second-order valence-corrected chi connectivity index (χ2v) is 26.5. The number of phenolic OH excluding ortho intramolecular Hbond substituents is 2. The van der Waals surface area contributed by atoms with E-state index in [2.05, 4.69) is 45.1 Å². The Labute approximate surface area is 502 Å². The van der Waals surface area contributed by atoms with Crippen molar-refractivity contribution < 1.29 is 83.4 Å². The Kier molecular flexibility index (Phi) is 18.8. The molecule has 0 fully saturated rings. The largest absolute Gasteiger partial charge is 0.505 e. The van der Waals surface area contributed by atoms with Crippen LogP contribution >= 0.6 is 0 Å². The Morgan fingerprint density at radius 1 is 0.432 bits per heavy atom. The van der Waals surface area contributed by atoms with E-state index >= 15 is 0 Å². The topological polar surface area (TPSA) is 449 Å². The number of nitrogens with zero attached hydrogens (tertiary/aromatic N) is 8. The molecule has 29 nitrogen and oxygen atoms in total. The standard InChI is InChI=1S/C54H50N10O19S5/c1-29-21-36(79-2)13-17-42(29)59-60-43-19-15-40(55)49-38(43)23-33(28-85(70,71)72)51(53(49)65)63-57-34-11-9-30(32(22-34)27-84(67,68)69)7-8-31-10-12-35(24-46(31)86(73,74)81-4)58-64-52-48(88(77,78)83-6)26-39-44(20-16-41(56)50(39)54(52)66)61-62-45-18-14-37(80-3)25-47(45)87(75,76)82-5/h7-26,65-66H,27-28,55-56H2,1-6H3,(H,67,68,69)(H,70,71,72)/b8-7+,60-59?,62-61?,63-57?,64-58?. The predicted octanol–water partition coefficient (Wildman–Crippen LogP) is 11.5. The van der Waals surface area contributed by atoms with Crippen LogP contribution in [-0.2, 0) is 74.6 Å². The maximum atomic E-state index is 13.5. The molecule has 0 aliphatic rings. The van der Waals surface area contributed by atoms with E-state index in [9.17, 15) is 61.4 Å². The summed E-state index contributed by atoms with van der Waals surface area (Å²) >= 11 is 0. The summed E-state index contributed by atoms with van der Waals surface area (Å²) in [5.41, 5.74) is 11.4. The second kappa shape index (κ2) is 25.6. The molecule has 8 aromatic carbocycles. The number of hydrogen-bond acceptors (Lipinski definition) is 27. The van der Waals surface area contributed by atoms with E-state index in [1.807, 2.05) is 0 Å². The molecule has 8 N–H and O–H groups in total. The lowest BCUT2D eigenvalue weighted by Crippen LogP contribution is -2.05. The number of hydrogen-bond donors (Lipinski definition) is 6. The average Bonchev–Trinajstić information content (AvgIpc) is 0.864. The van der Waals surface area contributed by atoms with Crippen LogP contribution in [0.1, 0.15) is 27.8 Å². The Balaban J connectivity index is 1.16. The maximum Gasteiger partial charge on any atom is 0.299 e. The van der Waals surface area contributed by atoms with Crippen molar-refractivity contribution in [2.75, 3.05) is 47.0 Å². The molecule has 0 saturated heterocycles. The molecular weight excluding hydrogens is 1250 g/mol. The SMILES string of the molecule is COc1ccc(N=Nc2ccc(N)c3c(O)c(N=Nc4ccc(/C=C/c5ccc(N=Nc6c(S(=O)(=O)OC)cc7c(N=Nc8ccc(OC)cc8S(=O)(=O)OC)ccc(N)c7c6O)cc5S(=O)(=O)OC)c(CS(=O)(=O)O)c4)c(CS(=O)(=O)O)cc23)c(C)c1. The molecule has 0 aliphatic heterocycles. The van der Waals surface area contributed by atoms with Crippen LogP contribution in [0.3, 0.4) is 0 Å². The number of fused-ring (bicyclic) bond motifs is 2. The van der Waals surface area contributed by atoms with Gasteiger partial charge in [0.1, 0.15) is 54.8 Å². The summed E-state index contributed by atoms with van der Waals surface area (Å²) < 4.78 is 174. The van der Waals surface area contributed by atoms with Crippen LogP contribution in [0.4, 0.5) is 56.9 Å². The van der Waals surface area contributed by atoms with Gasteiger partial charge >= 0.3 is 0 Å². The lowest BCUT2D eigenvalue weighted by Gasteiger charge is -2.13. The van der Waals surface area contributed by atoms with Crippen LogP contribution in [0.2, 0.25) is 0 Å². The molecule has 0 unspecified atom stereocenters. The smallest absolute Gasteiger partial charge is 0.299 e. The van der Waals surface area contributed by atoms with Gasteiger partial charge in [-0.3, -0.25) is 21.7 Å². The third kappa shape index (κ3) is 14.4. The normalized spacial score (nSPS) is 13.0. The van der Waals surface area contributed by atoms with Gasteiger partial charge in [0.2, 0.25) is 0 Å². The molecule has 0 aliphatic carbocycles. The zero-order valence-corrected chi connectivity index (χ0v) is 50.7. The van der Waals surface area contributed by atoms with Gasteiger partial charge in [-0.05, 0) is 120 Å². The Hall–Kier alpha value is -9.23. The van der Waals surface area contributed by atoms with E-state index in [-0.39, 0.29) is 89.4 Å². The number of phenols is 2. The summed E-state index contributed by atoms with van der Waals surface area (Å²) in [5.74, 6) is -2.95. The molecular formula is C54H50N10O19S5. The molecule has 8 rings (SSSR count). The van der Waals surface area contributed by atoms with Crippen LogP contribution in [0, 0.1) is 6.92 Å². The van der Waals surface area contributed by atoms with Crippen molar-refractivity contribution in [1.29, 1.82) is 0 Å². The summed E-state index contributed by atoms with van der Waals surface area (Å²) in [6, 6.07) is 23.8. The predicted molar refractivity (Wildman–Crippen MR) is 322 cm³/mol. The Morgan fingerprint density at radius 2 is 0.875 bits per heavy atom. The third-order valence-corrected chi connectivity index (χ3v) is 18.2. The molecule has 0 spiro atoms. The molecule has 0 atom stereocenters. The van der Waals surface area contributed by atoms with Crippen LogP contribution in [-0.4, -0.2) is 97.0 Å². The van der Waals surface area contributed by atoms with Crippen LogP contribution in [0.15, 0.2) is 165 Å². The summed E-state index contributed by atoms with van der Waals surface area (Å²) in [4.78, 5) is -1.78. The highest BCUT2D eigenvalue weighted by Gasteiger charge is 2.28. The van der Waals surface area contributed by atoms with Gasteiger partial charge in [0.25, 0.3) is 50.6 Å². The van der Waals surface area contributed by atoms with Crippen molar-refractivity contribution in [1.82, 2.24) is 0 Å². The summed E-state index contributed by atoms with van der Waals surface area (Å²) in [6.45, 7) is 1.77. The number of aromatic hydroxyl groups is 2. The van der Waals surface area contributed by atoms with Gasteiger partial charge in [-0.25, -0.2) is 0 Å². The van der Waals surface area contributed by atoms with E-state index in [0.29, 0.717) is 17.0 Å². The number of benzene rings is 8. The molecule has 0 bridgehead atoms. The number of anilines is 2. The number of aryl methyl sites for hydroxylation is 1. The second-order valence-electron chi connectivity index (χ2n) is 18.5. The first-order valence-electron chi connectivity index (χ1n) is 24.8. The van der Waals surface area contributed by atoms with Gasteiger partial charge in [-0.2, -0.15) is 57.4 Å². The minimum absolute atomic E-state index is 0.00178. The molecule has 8 aromatic rings. The average molecular weight is 1300 g/mol. The van der Waals surface area contributed by atoms with Crippen molar-refractivity contribution in [3.05, 3.63) is 137 Å². The van der Waals surface area contributed by atoms with E-state index in [1.54, 1.807) is 25.1 Å². The number of ether oxygens (including phenoxy) is 2. The van der Waals surface area contributed by atoms with Crippen molar-refractivity contribution >= 4 is 141 Å². The van der Waals surface area contributed by atoms with Crippen LogP contribution < -0.4 is 20.9 Å². The molecule has 460 valence electrons. The summed E-state index contributed by atoms with van der Waals surface area (Å²) in [7, 11) is -18.0. The van der Waals surface area contributed by atoms with E-state index in [0.717, 1.165) is 45.6 Å². The number of rotatable bonds is 22.